The highest BCUT2D eigenvalue weighted by Crippen LogP contribution is 2.27. The van der Waals surface area contributed by atoms with Crippen LogP contribution < -0.4 is 5.32 Å². The summed E-state index contributed by atoms with van der Waals surface area (Å²) in [4.78, 5) is 0. The predicted molar refractivity (Wildman–Crippen MR) is 69.5 cm³/mol. The van der Waals surface area contributed by atoms with Gasteiger partial charge in [0.05, 0.1) is 6.10 Å². The molecule has 1 aliphatic rings. The van der Waals surface area contributed by atoms with E-state index >= 15 is 0 Å². The fourth-order valence-corrected chi connectivity index (χ4v) is 2.73. The van der Waals surface area contributed by atoms with Crippen LogP contribution in [-0.4, -0.2) is 23.8 Å². The van der Waals surface area contributed by atoms with Gasteiger partial charge in [-0.15, -0.1) is 0 Å². The largest absolute Gasteiger partial charge is 0.392 e. The van der Waals surface area contributed by atoms with E-state index in [9.17, 15) is 5.11 Å². The summed E-state index contributed by atoms with van der Waals surface area (Å²) in [7, 11) is 0. The highest BCUT2D eigenvalue weighted by Gasteiger charge is 2.22. The second-order valence-corrected chi connectivity index (χ2v) is 6.66. The van der Waals surface area contributed by atoms with Gasteiger partial charge >= 0.3 is 0 Å². The maximum Gasteiger partial charge on any atom is 0.0669 e. The van der Waals surface area contributed by atoms with E-state index in [-0.39, 0.29) is 11.5 Å². The summed E-state index contributed by atoms with van der Waals surface area (Å²) >= 11 is 0. The summed E-state index contributed by atoms with van der Waals surface area (Å²) in [5.41, 5.74) is 0.220. The molecular weight excluding hydrogens is 198 g/mol. The Kier molecular flexibility index (Phi) is 5.26. The lowest BCUT2D eigenvalue weighted by Crippen LogP contribution is -2.38. The lowest BCUT2D eigenvalue weighted by molar-refractivity contribution is 0.114. The molecule has 1 fully saturated rings. The van der Waals surface area contributed by atoms with Crippen molar-refractivity contribution in [3.8, 4) is 0 Å². The molecule has 2 N–H and O–H groups in total. The highest BCUT2D eigenvalue weighted by molar-refractivity contribution is 4.79. The Balaban J connectivity index is 2.17. The van der Waals surface area contributed by atoms with Gasteiger partial charge in [-0.3, -0.25) is 0 Å². The van der Waals surface area contributed by atoms with Crippen LogP contribution in [0.3, 0.4) is 0 Å². The van der Waals surface area contributed by atoms with E-state index in [2.05, 4.69) is 33.0 Å². The number of hydrogen-bond acceptors (Lipinski definition) is 2. The molecule has 2 heteroatoms. The Morgan fingerprint density at radius 3 is 2.31 bits per heavy atom. The third-order valence-electron chi connectivity index (χ3n) is 3.63. The van der Waals surface area contributed by atoms with Gasteiger partial charge in [0.15, 0.2) is 0 Å². The van der Waals surface area contributed by atoms with Crippen LogP contribution in [0.25, 0.3) is 0 Å². The molecule has 0 aromatic carbocycles. The molecule has 2 unspecified atom stereocenters. The fraction of sp³-hybridized carbons (Fsp3) is 1.00. The summed E-state index contributed by atoms with van der Waals surface area (Å²) in [5.74, 6) is 0.835. The van der Waals surface area contributed by atoms with Crippen LogP contribution in [0, 0.1) is 11.3 Å². The Labute approximate surface area is 101 Å². The zero-order valence-corrected chi connectivity index (χ0v) is 11.4. The highest BCUT2D eigenvalue weighted by atomic mass is 16.3. The second-order valence-electron chi connectivity index (χ2n) is 6.66. The minimum absolute atomic E-state index is 0.205. The number of nitrogens with one attached hydrogen (secondary N) is 1. The summed E-state index contributed by atoms with van der Waals surface area (Å²) in [6.45, 7) is 9.54. The molecule has 0 aromatic rings. The molecule has 2 atom stereocenters. The minimum atomic E-state index is -0.205. The summed E-state index contributed by atoms with van der Waals surface area (Å²) in [6.07, 6.45) is 6.18. The van der Waals surface area contributed by atoms with E-state index in [0.717, 1.165) is 18.9 Å². The van der Waals surface area contributed by atoms with Gasteiger partial charge < -0.3 is 10.4 Å². The average molecular weight is 227 g/mol. The third-order valence-corrected chi connectivity index (χ3v) is 3.63. The first-order chi connectivity index (χ1) is 7.38. The average Bonchev–Trinajstić information content (AvgIpc) is 2.64. The van der Waals surface area contributed by atoms with E-state index in [0.29, 0.717) is 6.04 Å². The predicted octanol–water partition coefficient (Wildman–Crippen LogP) is 2.95. The van der Waals surface area contributed by atoms with Crippen LogP contribution in [0.2, 0.25) is 0 Å². The molecule has 0 heterocycles. The molecule has 0 bridgehead atoms. The molecule has 0 aliphatic heterocycles. The maximum atomic E-state index is 9.91. The summed E-state index contributed by atoms with van der Waals surface area (Å²) in [6, 6.07) is 0.567. The number of aliphatic hydroxyl groups excluding tert-OH is 1. The van der Waals surface area contributed by atoms with Crippen LogP contribution in [0.1, 0.15) is 59.8 Å². The van der Waals surface area contributed by atoms with Gasteiger partial charge in [0.25, 0.3) is 0 Å². The summed E-state index contributed by atoms with van der Waals surface area (Å²) in [5, 5.41) is 13.4. The van der Waals surface area contributed by atoms with Crippen LogP contribution in [-0.2, 0) is 0 Å². The van der Waals surface area contributed by atoms with Crippen LogP contribution in [0.5, 0.6) is 0 Å². The normalized spacial score (nSPS) is 22.3. The van der Waals surface area contributed by atoms with E-state index in [1.54, 1.807) is 0 Å². The molecule has 16 heavy (non-hydrogen) atoms. The first-order valence-corrected chi connectivity index (χ1v) is 6.80. The smallest absolute Gasteiger partial charge is 0.0669 e. The van der Waals surface area contributed by atoms with Gasteiger partial charge in [-0.1, -0.05) is 33.6 Å². The Morgan fingerprint density at radius 2 is 1.81 bits per heavy atom. The Hall–Kier alpha value is -0.0800. The van der Waals surface area contributed by atoms with Crippen molar-refractivity contribution in [1.29, 1.82) is 0 Å². The zero-order chi connectivity index (χ0) is 12.2. The van der Waals surface area contributed by atoms with E-state index < -0.39 is 0 Å². The van der Waals surface area contributed by atoms with Crippen molar-refractivity contribution in [2.75, 3.05) is 6.54 Å². The number of rotatable bonds is 5. The fourth-order valence-electron chi connectivity index (χ4n) is 2.73. The van der Waals surface area contributed by atoms with Gasteiger partial charge in [-0.25, -0.2) is 0 Å². The molecule has 0 spiro atoms. The van der Waals surface area contributed by atoms with Gasteiger partial charge in [0.1, 0.15) is 0 Å². The molecule has 1 saturated carbocycles. The quantitative estimate of drug-likeness (QED) is 0.757. The van der Waals surface area contributed by atoms with Gasteiger partial charge in [-0.2, -0.15) is 0 Å². The third kappa shape index (κ3) is 5.31. The molecular formula is C14H29NO. The van der Waals surface area contributed by atoms with Crippen LogP contribution in [0.15, 0.2) is 0 Å². The topological polar surface area (TPSA) is 32.3 Å². The molecule has 0 saturated heterocycles. The number of aliphatic hydroxyl groups is 1. The SMILES string of the molecule is CC(NCC(O)CC(C)(C)C)C1CCCC1. The lowest BCUT2D eigenvalue weighted by atomic mass is 9.89. The van der Waals surface area contributed by atoms with Crippen molar-refractivity contribution in [1.82, 2.24) is 5.32 Å². The van der Waals surface area contributed by atoms with E-state index in [1.165, 1.54) is 25.7 Å². The molecule has 0 aromatic heterocycles. The van der Waals surface area contributed by atoms with Crippen molar-refractivity contribution < 1.29 is 5.11 Å². The minimum Gasteiger partial charge on any atom is -0.392 e. The van der Waals surface area contributed by atoms with Crippen molar-refractivity contribution in [3.63, 3.8) is 0 Å². The van der Waals surface area contributed by atoms with E-state index in [1.807, 2.05) is 0 Å². The first-order valence-electron chi connectivity index (χ1n) is 6.80. The molecule has 0 amide bonds. The lowest BCUT2D eigenvalue weighted by Gasteiger charge is -2.26. The second kappa shape index (κ2) is 6.02. The van der Waals surface area contributed by atoms with Gasteiger partial charge in [0, 0.05) is 12.6 Å². The Bertz CT molecular complexity index is 191. The maximum absolute atomic E-state index is 9.91. The zero-order valence-electron chi connectivity index (χ0n) is 11.4. The molecule has 0 radical (unpaired) electrons. The number of hydrogen-bond donors (Lipinski definition) is 2. The Morgan fingerprint density at radius 1 is 1.25 bits per heavy atom. The first kappa shape index (κ1) is 14.0. The van der Waals surface area contributed by atoms with Crippen LogP contribution in [0.4, 0.5) is 0 Å². The van der Waals surface area contributed by atoms with E-state index in [4.69, 9.17) is 0 Å². The summed E-state index contributed by atoms with van der Waals surface area (Å²) < 4.78 is 0. The van der Waals surface area contributed by atoms with Gasteiger partial charge in [0.2, 0.25) is 0 Å². The van der Waals surface area contributed by atoms with Crippen LogP contribution >= 0.6 is 0 Å². The van der Waals surface area contributed by atoms with Crippen molar-refractivity contribution >= 4 is 0 Å². The molecule has 2 nitrogen and oxygen atoms in total. The van der Waals surface area contributed by atoms with Crippen molar-refractivity contribution in [2.24, 2.45) is 11.3 Å². The standard InChI is InChI=1S/C14H29NO/c1-11(12-7-5-6-8-12)15-10-13(16)9-14(2,3)4/h11-13,15-16H,5-10H2,1-4H3. The molecule has 96 valence electrons. The molecule has 1 aliphatic carbocycles. The molecule has 1 rings (SSSR count). The van der Waals surface area contributed by atoms with Crippen molar-refractivity contribution in [3.05, 3.63) is 0 Å². The monoisotopic (exact) mass is 227 g/mol. The van der Waals surface area contributed by atoms with Gasteiger partial charge in [-0.05, 0) is 37.5 Å². The van der Waals surface area contributed by atoms with Crippen molar-refractivity contribution in [2.45, 2.75) is 71.9 Å².